The predicted octanol–water partition coefficient (Wildman–Crippen LogP) is 3.59. The zero-order valence-corrected chi connectivity index (χ0v) is 12.0. The summed E-state index contributed by atoms with van der Waals surface area (Å²) in [4.78, 5) is 2.33. The van der Waals surface area contributed by atoms with Crippen molar-refractivity contribution in [3.05, 3.63) is 41.2 Å². The molecule has 0 bridgehead atoms. The van der Waals surface area contributed by atoms with Gasteiger partial charge in [0.25, 0.3) is 0 Å². The first-order valence-electron chi connectivity index (χ1n) is 6.82. The molecule has 3 heteroatoms. The van der Waals surface area contributed by atoms with Gasteiger partial charge in [0, 0.05) is 19.6 Å². The van der Waals surface area contributed by atoms with E-state index in [9.17, 15) is 4.39 Å². The van der Waals surface area contributed by atoms with E-state index in [2.05, 4.69) is 31.7 Å². The van der Waals surface area contributed by atoms with Gasteiger partial charge in [0.15, 0.2) is 0 Å². The lowest BCUT2D eigenvalue weighted by molar-refractivity contribution is 0.271. The lowest BCUT2D eigenvalue weighted by Crippen LogP contribution is -2.30. The molecule has 1 aliphatic heterocycles. The van der Waals surface area contributed by atoms with Crippen molar-refractivity contribution in [2.75, 3.05) is 18.8 Å². The van der Waals surface area contributed by atoms with Crippen LogP contribution in [0.3, 0.4) is 0 Å². The molecule has 0 unspecified atom stereocenters. The molecule has 0 aliphatic carbocycles. The highest BCUT2D eigenvalue weighted by Crippen LogP contribution is 2.30. The maximum Gasteiger partial charge on any atom is 0.146 e. The topological polar surface area (TPSA) is 29.3 Å². The van der Waals surface area contributed by atoms with Crippen LogP contribution in [0.4, 0.5) is 10.1 Å². The molecular weight excluding hydrogens is 239 g/mol. The Bertz CT molecular complexity index is 486. The molecule has 0 aromatic heterocycles. The lowest BCUT2D eigenvalue weighted by atomic mass is 9.83. The van der Waals surface area contributed by atoms with E-state index in [-0.39, 0.29) is 16.9 Å². The van der Waals surface area contributed by atoms with Gasteiger partial charge in [0.1, 0.15) is 5.82 Å². The molecule has 1 aromatic rings. The number of anilines is 1. The molecule has 0 atom stereocenters. The van der Waals surface area contributed by atoms with Crippen LogP contribution in [0.2, 0.25) is 0 Å². The highest BCUT2D eigenvalue weighted by molar-refractivity contribution is 5.41. The second-order valence-electron chi connectivity index (χ2n) is 6.32. The average molecular weight is 262 g/mol. The molecule has 1 aromatic carbocycles. The Balaban J connectivity index is 1.99. The Morgan fingerprint density at radius 3 is 2.58 bits per heavy atom. The molecule has 0 radical (unpaired) electrons. The van der Waals surface area contributed by atoms with Gasteiger partial charge in [-0.1, -0.05) is 38.5 Å². The fraction of sp³-hybridized carbons (Fsp3) is 0.500. The van der Waals surface area contributed by atoms with Crippen molar-refractivity contribution in [2.24, 2.45) is 5.41 Å². The summed E-state index contributed by atoms with van der Waals surface area (Å²) in [6, 6.07) is 5.09. The van der Waals surface area contributed by atoms with Gasteiger partial charge in [-0.3, -0.25) is 4.90 Å². The molecule has 1 aliphatic rings. The van der Waals surface area contributed by atoms with E-state index in [1.807, 2.05) is 6.07 Å². The Morgan fingerprint density at radius 1 is 1.32 bits per heavy atom. The normalized spacial score (nSPS) is 17.4. The fourth-order valence-corrected chi connectivity index (χ4v) is 2.46. The summed E-state index contributed by atoms with van der Waals surface area (Å²) < 4.78 is 13.4. The smallest absolute Gasteiger partial charge is 0.146 e. The first-order chi connectivity index (χ1) is 8.86. The van der Waals surface area contributed by atoms with Crippen molar-refractivity contribution in [1.82, 2.24) is 4.90 Å². The number of rotatable bonds is 2. The van der Waals surface area contributed by atoms with Gasteiger partial charge >= 0.3 is 0 Å². The standard InChI is InChI=1S/C16H23FN2/c1-16(2,3)13-6-8-19(9-7-13)11-12-4-5-15(18)14(17)10-12/h4-6,10H,7-9,11,18H2,1-3H3. The fourth-order valence-electron chi connectivity index (χ4n) is 2.46. The molecule has 0 saturated heterocycles. The largest absolute Gasteiger partial charge is 0.396 e. The van der Waals surface area contributed by atoms with Crippen LogP contribution < -0.4 is 5.73 Å². The summed E-state index contributed by atoms with van der Waals surface area (Å²) in [5.41, 5.74) is 8.48. The number of nitrogens with zero attached hydrogens (tertiary/aromatic N) is 1. The van der Waals surface area contributed by atoms with Gasteiger partial charge in [-0.05, 0) is 29.5 Å². The van der Waals surface area contributed by atoms with Crippen molar-refractivity contribution in [3.8, 4) is 0 Å². The second-order valence-corrected chi connectivity index (χ2v) is 6.32. The van der Waals surface area contributed by atoms with Crippen LogP contribution >= 0.6 is 0 Å². The number of nitrogens with two attached hydrogens (primary N) is 1. The van der Waals surface area contributed by atoms with Crippen LogP contribution in [0.25, 0.3) is 0 Å². The first kappa shape index (κ1) is 14.1. The Morgan fingerprint density at radius 2 is 2.05 bits per heavy atom. The minimum atomic E-state index is -0.319. The van der Waals surface area contributed by atoms with Crippen molar-refractivity contribution >= 4 is 5.69 Å². The molecule has 2 nitrogen and oxygen atoms in total. The summed E-state index contributed by atoms with van der Waals surface area (Å²) in [6.07, 6.45) is 3.41. The molecule has 104 valence electrons. The average Bonchev–Trinajstić information content (AvgIpc) is 2.33. The van der Waals surface area contributed by atoms with E-state index in [1.165, 1.54) is 5.57 Å². The summed E-state index contributed by atoms with van der Waals surface area (Å²) in [7, 11) is 0. The van der Waals surface area contributed by atoms with E-state index >= 15 is 0 Å². The Labute approximate surface area is 115 Å². The third-order valence-electron chi connectivity index (χ3n) is 3.73. The molecule has 1 heterocycles. The third kappa shape index (κ3) is 3.57. The van der Waals surface area contributed by atoms with E-state index in [4.69, 9.17) is 5.73 Å². The van der Waals surface area contributed by atoms with Crippen molar-refractivity contribution in [2.45, 2.75) is 33.7 Å². The highest BCUT2D eigenvalue weighted by atomic mass is 19.1. The first-order valence-corrected chi connectivity index (χ1v) is 6.82. The minimum Gasteiger partial charge on any atom is -0.396 e. The Kier molecular flexibility index (Phi) is 3.95. The zero-order chi connectivity index (χ0) is 14.0. The number of benzene rings is 1. The SMILES string of the molecule is CC(C)(C)C1=CCN(Cc2ccc(N)c(F)c2)CC1. The monoisotopic (exact) mass is 262 g/mol. The van der Waals surface area contributed by atoms with Crippen LogP contribution in [-0.4, -0.2) is 18.0 Å². The van der Waals surface area contributed by atoms with Gasteiger partial charge in [-0.2, -0.15) is 0 Å². The van der Waals surface area contributed by atoms with Crippen molar-refractivity contribution in [3.63, 3.8) is 0 Å². The van der Waals surface area contributed by atoms with E-state index in [0.29, 0.717) is 0 Å². The quantitative estimate of drug-likeness (QED) is 0.652. The van der Waals surface area contributed by atoms with Gasteiger partial charge < -0.3 is 5.73 Å². The van der Waals surface area contributed by atoms with Gasteiger partial charge in [-0.15, -0.1) is 0 Å². The maximum absolute atomic E-state index is 13.4. The number of halogens is 1. The maximum atomic E-state index is 13.4. The molecular formula is C16H23FN2. The molecule has 0 saturated carbocycles. The minimum absolute atomic E-state index is 0.220. The van der Waals surface area contributed by atoms with E-state index < -0.39 is 0 Å². The molecule has 19 heavy (non-hydrogen) atoms. The predicted molar refractivity (Wildman–Crippen MR) is 78.2 cm³/mol. The highest BCUT2D eigenvalue weighted by Gasteiger charge is 2.21. The van der Waals surface area contributed by atoms with E-state index in [1.54, 1.807) is 12.1 Å². The number of hydrogen-bond donors (Lipinski definition) is 1. The molecule has 0 amide bonds. The van der Waals surface area contributed by atoms with Crippen LogP contribution in [-0.2, 0) is 6.54 Å². The molecule has 0 fully saturated rings. The van der Waals surface area contributed by atoms with Gasteiger partial charge in [0.2, 0.25) is 0 Å². The lowest BCUT2D eigenvalue weighted by Gasteiger charge is -2.32. The van der Waals surface area contributed by atoms with Crippen molar-refractivity contribution in [1.29, 1.82) is 0 Å². The number of nitrogen functional groups attached to an aromatic ring is 1. The summed E-state index contributed by atoms with van der Waals surface area (Å²) in [5.74, 6) is -0.319. The van der Waals surface area contributed by atoms with Crippen LogP contribution in [0.5, 0.6) is 0 Å². The summed E-state index contributed by atoms with van der Waals surface area (Å²) >= 11 is 0. The number of hydrogen-bond acceptors (Lipinski definition) is 2. The van der Waals surface area contributed by atoms with Crippen LogP contribution in [0.1, 0.15) is 32.8 Å². The third-order valence-corrected chi connectivity index (χ3v) is 3.73. The van der Waals surface area contributed by atoms with E-state index in [0.717, 1.165) is 31.6 Å². The summed E-state index contributed by atoms with van der Waals surface area (Å²) in [5, 5.41) is 0. The van der Waals surface area contributed by atoms with Gasteiger partial charge in [-0.25, -0.2) is 4.39 Å². The Hall–Kier alpha value is -1.35. The molecule has 0 spiro atoms. The molecule has 2 N–H and O–H groups in total. The zero-order valence-electron chi connectivity index (χ0n) is 12.0. The van der Waals surface area contributed by atoms with Crippen LogP contribution in [0.15, 0.2) is 29.8 Å². The van der Waals surface area contributed by atoms with Crippen LogP contribution in [0, 0.1) is 11.2 Å². The van der Waals surface area contributed by atoms with Gasteiger partial charge in [0.05, 0.1) is 5.69 Å². The summed E-state index contributed by atoms with van der Waals surface area (Å²) in [6.45, 7) is 9.52. The van der Waals surface area contributed by atoms with Crippen molar-refractivity contribution < 1.29 is 4.39 Å². The molecule has 2 rings (SSSR count). The second kappa shape index (κ2) is 5.33.